The van der Waals surface area contributed by atoms with E-state index in [1.54, 1.807) is 0 Å². The molecular formula is C22H36O2S. The van der Waals surface area contributed by atoms with Gasteiger partial charge in [-0.25, -0.2) is 0 Å². The molecule has 1 aromatic rings. The number of para-hydroxylation sites is 1. The minimum absolute atomic E-state index is 0.0531. The number of esters is 1. The lowest BCUT2D eigenvalue weighted by molar-refractivity contribution is -0.137. The summed E-state index contributed by atoms with van der Waals surface area (Å²) in [5.74, 6) is 3.38. The van der Waals surface area contributed by atoms with Crippen molar-refractivity contribution in [2.45, 2.75) is 72.1 Å². The summed E-state index contributed by atoms with van der Waals surface area (Å²) in [6.07, 6.45) is 10.7. The molecule has 1 rings (SSSR count). The number of rotatable bonds is 14. The number of thioether (sulfide) groups is 1. The van der Waals surface area contributed by atoms with Gasteiger partial charge in [0.2, 0.25) is 0 Å². The van der Waals surface area contributed by atoms with Gasteiger partial charge in [0.15, 0.2) is 0 Å². The van der Waals surface area contributed by atoms with Gasteiger partial charge in [-0.2, -0.15) is 11.8 Å². The number of unbranched alkanes of at least 4 members (excludes halogenated alkanes) is 2. The third-order valence-corrected chi connectivity index (χ3v) is 5.86. The van der Waals surface area contributed by atoms with Gasteiger partial charge in [0.1, 0.15) is 5.75 Å². The van der Waals surface area contributed by atoms with Crippen LogP contribution < -0.4 is 4.74 Å². The Labute approximate surface area is 159 Å². The van der Waals surface area contributed by atoms with Crippen molar-refractivity contribution in [3.8, 4) is 5.75 Å². The summed E-state index contributed by atoms with van der Waals surface area (Å²) in [5, 5.41) is 0. The van der Waals surface area contributed by atoms with E-state index in [1.165, 1.54) is 51.4 Å². The summed E-state index contributed by atoms with van der Waals surface area (Å²) in [4.78, 5) is 12.1. The Hall–Kier alpha value is -0.960. The average molecular weight is 365 g/mol. The number of hydrogen-bond acceptors (Lipinski definition) is 3. The molecule has 0 radical (unpaired) electrons. The van der Waals surface area contributed by atoms with Crippen molar-refractivity contribution in [1.82, 2.24) is 0 Å². The zero-order chi connectivity index (χ0) is 18.3. The van der Waals surface area contributed by atoms with Crippen molar-refractivity contribution >= 4 is 17.7 Å². The van der Waals surface area contributed by atoms with E-state index in [9.17, 15) is 4.79 Å². The first-order valence-corrected chi connectivity index (χ1v) is 11.2. The summed E-state index contributed by atoms with van der Waals surface area (Å²) in [6.45, 7) is 6.54. The van der Waals surface area contributed by atoms with Gasteiger partial charge in [-0.15, -0.1) is 0 Å². The lowest BCUT2D eigenvalue weighted by Gasteiger charge is -2.15. The molecule has 0 saturated carbocycles. The van der Waals surface area contributed by atoms with Crippen molar-refractivity contribution < 1.29 is 9.53 Å². The van der Waals surface area contributed by atoms with E-state index in [1.807, 2.05) is 49.0 Å². The number of carbonyl (C=O) groups is 1. The van der Waals surface area contributed by atoms with Crippen LogP contribution >= 0.6 is 11.8 Å². The highest BCUT2D eigenvalue weighted by atomic mass is 32.2. The second kappa shape index (κ2) is 14.2. The largest absolute Gasteiger partial charge is 0.426 e. The first-order chi connectivity index (χ1) is 12.2. The average Bonchev–Trinajstić information content (AvgIpc) is 2.63. The smallest absolute Gasteiger partial charge is 0.314 e. The third-order valence-electron chi connectivity index (χ3n) is 4.55. The van der Waals surface area contributed by atoms with Crippen molar-refractivity contribution in [2.24, 2.45) is 11.8 Å². The first kappa shape index (κ1) is 22.1. The highest BCUT2D eigenvalue weighted by Crippen LogP contribution is 2.22. The van der Waals surface area contributed by atoms with Crippen LogP contribution in [0.4, 0.5) is 0 Å². The molecule has 0 N–H and O–H groups in total. The quantitative estimate of drug-likeness (QED) is 0.208. The van der Waals surface area contributed by atoms with Gasteiger partial charge >= 0.3 is 5.97 Å². The standard InChI is InChI=1S/C22H36O2S/c1-4-6-13-20(12-5-2)14-10-11-17-25-18-19(3)22(23)24-21-15-8-7-9-16-21/h7-9,15-16,19-20H,4-6,10-14,17-18H2,1-3H3. The molecule has 25 heavy (non-hydrogen) atoms. The molecule has 0 aliphatic rings. The second-order valence-electron chi connectivity index (χ2n) is 7.00. The number of carbonyl (C=O) groups excluding carboxylic acids is 1. The maximum absolute atomic E-state index is 12.1. The van der Waals surface area contributed by atoms with Gasteiger partial charge in [0.05, 0.1) is 5.92 Å². The topological polar surface area (TPSA) is 26.3 Å². The summed E-state index contributed by atoms with van der Waals surface area (Å²) in [5.41, 5.74) is 0. The predicted molar refractivity (Wildman–Crippen MR) is 110 cm³/mol. The van der Waals surface area contributed by atoms with Crippen LogP contribution in [0.3, 0.4) is 0 Å². The van der Waals surface area contributed by atoms with Crippen molar-refractivity contribution in [3.05, 3.63) is 30.3 Å². The molecule has 0 bridgehead atoms. The lowest BCUT2D eigenvalue weighted by atomic mass is 9.92. The van der Waals surface area contributed by atoms with Gasteiger partial charge < -0.3 is 4.74 Å². The molecule has 1 aromatic carbocycles. The summed E-state index contributed by atoms with van der Waals surface area (Å²) < 4.78 is 5.40. The van der Waals surface area contributed by atoms with E-state index >= 15 is 0 Å². The molecule has 0 aliphatic carbocycles. The van der Waals surface area contributed by atoms with Gasteiger partial charge in [-0.3, -0.25) is 4.79 Å². The van der Waals surface area contributed by atoms with E-state index in [0.29, 0.717) is 5.75 Å². The number of benzene rings is 1. The molecule has 142 valence electrons. The minimum atomic E-state index is -0.124. The van der Waals surface area contributed by atoms with Crippen LogP contribution in [-0.2, 0) is 4.79 Å². The zero-order valence-corrected chi connectivity index (χ0v) is 17.2. The lowest BCUT2D eigenvalue weighted by Crippen LogP contribution is -2.19. The SMILES string of the molecule is CCCCC(CCC)CCCCSCC(C)C(=O)Oc1ccccc1. The van der Waals surface area contributed by atoms with Crippen molar-refractivity contribution in [3.63, 3.8) is 0 Å². The monoisotopic (exact) mass is 364 g/mol. The molecule has 0 aliphatic heterocycles. The predicted octanol–water partition coefficient (Wildman–Crippen LogP) is 6.74. The molecule has 2 unspecified atom stereocenters. The van der Waals surface area contributed by atoms with Gasteiger partial charge in [0, 0.05) is 5.75 Å². The van der Waals surface area contributed by atoms with Crippen LogP contribution in [-0.4, -0.2) is 17.5 Å². The van der Waals surface area contributed by atoms with Gasteiger partial charge in [-0.1, -0.05) is 83.9 Å². The molecule has 2 atom stereocenters. The molecule has 0 heterocycles. The number of hydrogen-bond donors (Lipinski definition) is 0. The fourth-order valence-electron chi connectivity index (χ4n) is 3.00. The molecule has 0 spiro atoms. The number of ether oxygens (including phenoxy) is 1. The Bertz CT molecular complexity index is 447. The van der Waals surface area contributed by atoms with Crippen molar-refractivity contribution in [1.29, 1.82) is 0 Å². The van der Waals surface area contributed by atoms with Crippen LogP contribution in [0.15, 0.2) is 30.3 Å². The maximum Gasteiger partial charge on any atom is 0.314 e. The first-order valence-electron chi connectivity index (χ1n) is 10.0. The Balaban J connectivity index is 2.10. The van der Waals surface area contributed by atoms with Gasteiger partial charge in [-0.05, 0) is 30.2 Å². The summed E-state index contributed by atoms with van der Waals surface area (Å²) >= 11 is 1.88. The second-order valence-corrected chi connectivity index (χ2v) is 8.15. The Morgan fingerprint density at radius 1 is 1.00 bits per heavy atom. The molecule has 0 fully saturated rings. The maximum atomic E-state index is 12.1. The van der Waals surface area contributed by atoms with Crippen molar-refractivity contribution in [2.75, 3.05) is 11.5 Å². The summed E-state index contributed by atoms with van der Waals surface area (Å²) in [7, 11) is 0. The highest BCUT2D eigenvalue weighted by Gasteiger charge is 2.15. The molecule has 0 saturated heterocycles. The van der Waals surface area contributed by atoms with Gasteiger partial charge in [0.25, 0.3) is 0 Å². The molecule has 3 heteroatoms. The van der Waals surface area contributed by atoms with E-state index in [-0.39, 0.29) is 11.9 Å². The normalized spacial score (nSPS) is 13.4. The molecule has 2 nitrogen and oxygen atoms in total. The van der Waals surface area contributed by atoms with E-state index in [0.717, 1.165) is 17.4 Å². The van der Waals surface area contributed by atoms with Crippen LogP contribution in [0.5, 0.6) is 5.75 Å². The Kier molecular flexibility index (Phi) is 12.6. The van der Waals surface area contributed by atoms with E-state index in [4.69, 9.17) is 4.74 Å². The third kappa shape index (κ3) is 10.6. The van der Waals surface area contributed by atoms with Crippen LogP contribution in [0.2, 0.25) is 0 Å². The van der Waals surface area contributed by atoms with Crippen LogP contribution in [0.25, 0.3) is 0 Å². The van der Waals surface area contributed by atoms with E-state index in [2.05, 4.69) is 13.8 Å². The van der Waals surface area contributed by atoms with E-state index < -0.39 is 0 Å². The summed E-state index contributed by atoms with van der Waals surface area (Å²) in [6, 6.07) is 9.33. The van der Waals surface area contributed by atoms with Crippen LogP contribution in [0, 0.1) is 11.8 Å². The fourth-order valence-corrected chi connectivity index (χ4v) is 4.07. The Morgan fingerprint density at radius 2 is 1.72 bits per heavy atom. The molecule has 0 aromatic heterocycles. The zero-order valence-electron chi connectivity index (χ0n) is 16.3. The molecular weight excluding hydrogens is 328 g/mol. The Morgan fingerprint density at radius 3 is 2.40 bits per heavy atom. The molecule has 0 amide bonds. The fraction of sp³-hybridized carbons (Fsp3) is 0.682. The van der Waals surface area contributed by atoms with Crippen LogP contribution in [0.1, 0.15) is 72.1 Å². The highest BCUT2D eigenvalue weighted by molar-refractivity contribution is 7.99. The minimum Gasteiger partial charge on any atom is -0.426 e.